The zero-order valence-corrected chi connectivity index (χ0v) is 12.3. The summed E-state index contributed by atoms with van der Waals surface area (Å²) in [5.41, 5.74) is 1.11. The summed E-state index contributed by atoms with van der Waals surface area (Å²) in [6.45, 7) is 0.753. The number of aliphatic hydroxyl groups excluding tert-OH is 1. The van der Waals surface area contributed by atoms with E-state index in [4.69, 9.17) is 0 Å². The van der Waals surface area contributed by atoms with E-state index in [1.165, 1.54) is 6.07 Å². The summed E-state index contributed by atoms with van der Waals surface area (Å²) in [7, 11) is 0. The zero-order chi connectivity index (χ0) is 16.4. The van der Waals surface area contributed by atoms with Crippen molar-refractivity contribution in [3.63, 3.8) is 0 Å². The molecule has 0 saturated carbocycles. The topological polar surface area (TPSA) is 53.4 Å². The average molecular weight is 318 g/mol. The fourth-order valence-electron chi connectivity index (χ4n) is 3.02. The van der Waals surface area contributed by atoms with Crippen LogP contribution in [0.15, 0.2) is 42.7 Å². The lowest BCUT2D eigenvalue weighted by Crippen LogP contribution is -2.29. The van der Waals surface area contributed by atoms with E-state index in [2.05, 4.69) is 4.98 Å². The molecule has 6 heteroatoms. The molecule has 120 valence electrons. The summed E-state index contributed by atoms with van der Waals surface area (Å²) in [5.74, 6) is -2.48. The minimum atomic E-state index is -1.04. The van der Waals surface area contributed by atoms with Gasteiger partial charge in [-0.1, -0.05) is 0 Å². The van der Waals surface area contributed by atoms with E-state index in [1.54, 1.807) is 17.3 Å². The molecule has 1 saturated heterocycles. The van der Waals surface area contributed by atoms with E-state index in [9.17, 15) is 18.7 Å². The van der Waals surface area contributed by atoms with Crippen LogP contribution in [0, 0.1) is 17.6 Å². The Morgan fingerprint density at radius 2 is 1.91 bits per heavy atom. The molecule has 2 atom stereocenters. The molecule has 1 aromatic heterocycles. The number of carbonyl (C=O) groups excluding carboxylic acids is 1. The second kappa shape index (κ2) is 6.42. The van der Waals surface area contributed by atoms with Gasteiger partial charge in [0, 0.05) is 49.5 Å². The maximum absolute atomic E-state index is 13.3. The number of amides is 1. The highest BCUT2D eigenvalue weighted by atomic mass is 19.2. The largest absolute Gasteiger partial charge is 0.396 e. The van der Waals surface area contributed by atoms with Gasteiger partial charge in [0.05, 0.1) is 0 Å². The van der Waals surface area contributed by atoms with Crippen LogP contribution in [-0.4, -0.2) is 40.6 Å². The van der Waals surface area contributed by atoms with Gasteiger partial charge in [0.1, 0.15) is 0 Å². The van der Waals surface area contributed by atoms with Crippen molar-refractivity contribution in [1.82, 2.24) is 9.88 Å². The van der Waals surface area contributed by atoms with E-state index < -0.39 is 11.6 Å². The number of hydrogen-bond donors (Lipinski definition) is 1. The molecule has 1 aliphatic heterocycles. The molecule has 3 rings (SSSR count). The van der Waals surface area contributed by atoms with E-state index >= 15 is 0 Å². The van der Waals surface area contributed by atoms with Gasteiger partial charge in [-0.15, -0.1) is 0 Å². The quantitative estimate of drug-likeness (QED) is 0.944. The van der Waals surface area contributed by atoms with Crippen LogP contribution < -0.4 is 0 Å². The predicted octanol–water partition coefficient (Wildman–Crippen LogP) is 2.21. The van der Waals surface area contributed by atoms with Gasteiger partial charge in [0.15, 0.2) is 11.6 Å². The summed E-state index contributed by atoms with van der Waals surface area (Å²) in [6.07, 6.45) is 3.34. The number of likely N-dealkylation sites (tertiary alicyclic amines) is 1. The van der Waals surface area contributed by atoms with E-state index in [1.807, 2.05) is 12.1 Å². The van der Waals surface area contributed by atoms with Crippen LogP contribution >= 0.6 is 0 Å². The number of carbonyl (C=O) groups is 1. The van der Waals surface area contributed by atoms with Crippen molar-refractivity contribution in [2.24, 2.45) is 5.92 Å². The van der Waals surface area contributed by atoms with Gasteiger partial charge in [-0.3, -0.25) is 9.78 Å². The first-order valence-corrected chi connectivity index (χ1v) is 7.35. The van der Waals surface area contributed by atoms with Crippen LogP contribution in [0.4, 0.5) is 8.78 Å². The molecule has 0 aliphatic carbocycles. The molecule has 1 aliphatic rings. The lowest BCUT2D eigenvalue weighted by Gasteiger charge is -2.17. The molecule has 0 unspecified atom stereocenters. The standard InChI is InChI=1S/C17H16F2N2O2/c18-15-2-1-12(7-16(15)19)17(23)21-8-13(10-22)14(9-21)11-3-5-20-6-4-11/h1-7,13-14,22H,8-10H2/t13-,14-/m0/s1. The van der Waals surface area contributed by atoms with Crippen LogP contribution in [0.1, 0.15) is 21.8 Å². The number of nitrogens with zero attached hydrogens (tertiary/aromatic N) is 2. The SMILES string of the molecule is O=C(c1ccc(F)c(F)c1)N1C[C@@H](CO)[C@H](c2ccncc2)C1. The first kappa shape index (κ1) is 15.6. The molecule has 1 fully saturated rings. The number of halogens is 2. The fourth-order valence-corrected chi connectivity index (χ4v) is 3.02. The van der Waals surface area contributed by atoms with Crippen molar-refractivity contribution in [2.45, 2.75) is 5.92 Å². The third-order valence-corrected chi connectivity index (χ3v) is 4.26. The lowest BCUT2D eigenvalue weighted by molar-refractivity contribution is 0.0780. The van der Waals surface area contributed by atoms with Crippen LogP contribution in [-0.2, 0) is 0 Å². The summed E-state index contributed by atoms with van der Waals surface area (Å²) < 4.78 is 26.3. The van der Waals surface area contributed by atoms with Gasteiger partial charge in [0.2, 0.25) is 0 Å². The number of aromatic nitrogens is 1. The maximum atomic E-state index is 13.3. The molecule has 0 spiro atoms. The minimum Gasteiger partial charge on any atom is -0.396 e. The minimum absolute atomic E-state index is 0.00255. The average Bonchev–Trinajstić information content (AvgIpc) is 3.02. The summed E-state index contributed by atoms with van der Waals surface area (Å²) in [5, 5.41) is 9.59. The monoisotopic (exact) mass is 318 g/mol. The molecule has 0 radical (unpaired) electrons. The summed E-state index contributed by atoms with van der Waals surface area (Å²) in [4.78, 5) is 18.0. The molecule has 1 aromatic carbocycles. The van der Waals surface area contributed by atoms with Gasteiger partial charge in [-0.05, 0) is 35.9 Å². The molecule has 0 bridgehead atoms. The van der Waals surface area contributed by atoms with Gasteiger partial charge < -0.3 is 10.0 Å². The van der Waals surface area contributed by atoms with Crippen LogP contribution in [0.25, 0.3) is 0 Å². The number of rotatable bonds is 3. The normalized spacial score (nSPS) is 20.7. The van der Waals surface area contributed by atoms with E-state index in [0.29, 0.717) is 13.1 Å². The Hall–Kier alpha value is -2.34. The Morgan fingerprint density at radius 3 is 2.57 bits per heavy atom. The Morgan fingerprint density at radius 1 is 1.17 bits per heavy atom. The highest BCUT2D eigenvalue weighted by Gasteiger charge is 2.36. The molecule has 2 aromatic rings. The van der Waals surface area contributed by atoms with E-state index in [0.717, 1.165) is 17.7 Å². The first-order chi connectivity index (χ1) is 11.1. The second-order valence-electron chi connectivity index (χ2n) is 5.67. The number of hydrogen-bond acceptors (Lipinski definition) is 3. The zero-order valence-electron chi connectivity index (χ0n) is 12.3. The highest BCUT2D eigenvalue weighted by Crippen LogP contribution is 2.33. The number of pyridine rings is 1. The smallest absolute Gasteiger partial charge is 0.253 e. The number of aliphatic hydroxyl groups is 1. The molecule has 4 nitrogen and oxygen atoms in total. The van der Waals surface area contributed by atoms with Gasteiger partial charge >= 0.3 is 0 Å². The highest BCUT2D eigenvalue weighted by molar-refractivity contribution is 5.94. The molecule has 1 amide bonds. The van der Waals surface area contributed by atoms with Crippen LogP contribution in [0.5, 0.6) is 0 Å². The molecular formula is C17H16F2N2O2. The van der Waals surface area contributed by atoms with Crippen molar-refractivity contribution in [3.8, 4) is 0 Å². The molecule has 1 N–H and O–H groups in total. The lowest BCUT2D eigenvalue weighted by atomic mass is 9.90. The molecular weight excluding hydrogens is 302 g/mol. The number of benzene rings is 1. The van der Waals surface area contributed by atoms with Crippen molar-refractivity contribution in [3.05, 3.63) is 65.5 Å². The first-order valence-electron chi connectivity index (χ1n) is 7.35. The van der Waals surface area contributed by atoms with Crippen molar-refractivity contribution >= 4 is 5.91 Å². The van der Waals surface area contributed by atoms with Gasteiger partial charge in [0.25, 0.3) is 5.91 Å². The van der Waals surface area contributed by atoms with Crippen LogP contribution in [0.2, 0.25) is 0 Å². The van der Waals surface area contributed by atoms with Crippen molar-refractivity contribution in [2.75, 3.05) is 19.7 Å². The molecule has 23 heavy (non-hydrogen) atoms. The Labute approximate surface area is 132 Å². The molecule has 2 heterocycles. The van der Waals surface area contributed by atoms with Crippen molar-refractivity contribution in [1.29, 1.82) is 0 Å². The fraction of sp³-hybridized carbons (Fsp3) is 0.294. The maximum Gasteiger partial charge on any atom is 0.253 e. The Kier molecular flexibility index (Phi) is 4.34. The predicted molar refractivity (Wildman–Crippen MR) is 79.8 cm³/mol. The summed E-state index contributed by atoms with van der Waals surface area (Å²) in [6, 6.07) is 6.85. The van der Waals surface area contributed by atoms with Crippen LogP contribution in [0.3, 0.4) is 0 Å². The third kappa shape index (κ3) is 3.07. The summed E-state index contributed by atoms with van der Waals surface area (Å²) >= 11 is 0. The van der Waals surface area contributed by atoms with E-state index in [-0.39, 0.29) is 29.9 Å². The second-order valence-corrected chi connectivity index (χ2v) is 5.67. The van der Waals surface area contributed by atoms with Gasteiger partial charge in [-0.25, -0.2) is 8.78 Å². The Balaban J connectivity index is 1.81. The Bertz CT molecular complexity index is 709. The third-order valence-electron chi connectivity index (χ3n) is 4.26. The van der Waals surface area contributed by atoms with Crippen molar-refractivity contribution < 1.29 is 18.7 Å². The van der Waals surface area contributed by atoms with Gasteiger partial charge in [-0.2, -0.15) is 0 Å².